The summed E-state index contributed by atoms with van der Waals surface area (Å²) in [5.41, 5.74) is 2.53. The molecule has 0 amide bonds. The van der Waals surface area contributed by atoms with Crippen molar-refractivity contribution in [2.45, 2.75) is 19.8 Å². The SMILES string of the molecule is CCCc1cccc(C(=O)c2cncc(Br)c2)c1. The van der Waals surface area contributed by atoms with Crippen LogP contribution in [0.4, 0.5) is 0 Å². The molecule has 0 unspecified atom stereocenters. The van der Waals surface area contributed by atoms with Crippen LogP contribution in [0.15, 0.2) is 47.2 Å². The summed E-state index contributed by atoms with van der Waals surface area (Å²) in [4.78, 5) is 16.3. The van der Waals surface area contributed by atoms with Gasteiger partial charge in [-0.2, -0.15) is 0 Å². The lowest BCUT2D eigenvalue weighted by Gasteiger charge is -2.04. The average molecular weight is 304 g/mol. The highest BCUT2D eigenvalue weighted by Crippen LogP contribution is 2.15. The molecule has 0 aliphatic heterocycles. The summed E-state index contributed by atoms with van der Waals surface area (Å²) >= 11 is 3.33. The highest BCUT2D eigenvalue weighted by atomic mass is 79.9. The van der Waals surface area contributed by atoms with E-state index < -0.39 is 0 Å². The summed E-state index contributed by atoms with van der Waals surface area (Å²) in [6.07, 6.45) is 5.35. The van der Waals surface area contributed by atoms with Crippen LogP contribution >= 0.6 is 15.9 Å². The van der Waals surface area contributed by atoms with Crippen LogP contribution in [-0.4, -0.2) is 10.8 Å². The van der Waals surface area contributed by atoms with E-state index in [0.29, 0.717) is 5.56 Å². The topological polar surface area (TPSA) is 30.0 Å². The fourth-order valence-corrected chi connectivity index (χ4v) is 2.22. The van der Waals surface area contributed by atoms with Crippen molar-refractivity contribution in [2.24, 2.45) is 0 Å². The van der Waals surface area contributed by atoms with E-state index in [4.69, 9.17) is 0 Å². The maximum Gasteiger partial charge on any atom is 0.194 e. The Morgan fingerprint density at radius 1 is 1.22 bits per heavy atom. The van der Waals surface area contributed by atoms with Crippen LogP contribution in [-0.2, 0) is 6.42 Å². The molecule has 0 spiro atoms. The van der Waals surface area contributed by atoms with Crippen LogP contribution in [0.3, 0.4) is 0 Å². The molecule has 0 saturated carbocycles. The third-order valence-corrected chi connectivity index (χ3v) is 3.13. The number of halogens is 1. The van der Waals surface area contributed by atoms with Gasteiger partial charge >= 0.3 is 0 Å². The molecule has 2 aromatic rings. The molecule has 2 nitrogen and oxygen atoms in total. The molecule has 1 aromatic heterocycles. The molecular formula is C15H14BrNO. The second-order valence-electron chi connectivity index (χ2n) is 4.17. The smallest absolute Gasteiger partial charge is 0.194 e. The van der Waals surface area contributed by atoms with Crippen LogP contribution in [0.1, 0.15) is 34.8 Å². The third kappa shape index (κ3) is 3.05. The van der Waals surface area contributed by atoms with Crippen molar-refractivity contribution in [3.05, 3.63) is 63.9 Å². The van der Waals surface area contributed by atoms with Gasteiger partial charge in [0.15, 0.2) is 5.78 Å². The summed E-state index contributed by atoms with van der Waals surface area (Å²) in [5, 5.41) is 0. The molecule has 0 bridgehead atoms. The lowest BCUT2D eigenvalue weighted by atomic mass is 10.0. The first-order chi connectivity index (χ1) is 8.70. The number of rotatable bonds is 4. The second-order valence-corrected chi connectivity index (χ2v) is 5.09. The molecule has 0 aliphatic rings. The van der Waals surface area contributed by atoms with Crippen molar-refractivity contribution < 1.29 is 4.79 Å². The predicted octanol–water partition coefficient (Wildman–Crippen LogP) is 4.03. The molecule has 0 N–H and O–H groups in total. The van der Waals surface area contributed by atoms with Crippen LogP contribution in [0.25, 0.3) is 0 Å². The minimum absolute atomic E-state index is 0.0155. The number of pyridine rings is 1. The summed E-state index contributed by atoms with van der Waals surface area (Å²) in [5.74, 6) is 0.0155. The molecular weight excluding hydrogens is 290 g/mol. The first-order valence-corrected chi connectivity index (χ1v) is 6.74. The zero-order chi connectivity index (χ0) is 13.0. The molecule has 92 valence electrons. The van der Waals surface area contributed by atoms with Crippen LogP contribution in [0, 0.1) is 0 Å². The fraction of sp³-hybridized carbons (Fsp3) is 0.200. The van der Waals surface area contributed by atoms with E-state index in [1.54, 1.807) is 18.5 Å². The maximum atomic E-state index is 12.3. The Kier molecular flexibility index (Phi) is 4.26. The van der Waals surface area contributed by atoms with E-state index >= 15 is 0 Å². The zero-order valence-corrected chi connectivity index (χ0v) is 11.8. The van der Waals surface area contributed by atoms with E-state index in [1.807, 2.05) is 18.2 Å². The van der Waals surface area contributed by atoms with Crippen molar-refractivity contribution in [3.8, 4) is 0 Å². The average Bonchev–Trinajstić information content (AvgIpc) is 2.39. The Morgan fingerprint density at radius 3 is 2.78 bits per heavy atom. The second kappa shape index (κ2) is 5.91. The first kappa shape index (κ1) is 13.0. The van der Waals surface area contributed by atoms with Crippen molar-refractivity contribution in [3.63, 3.8) is 0 Å². The summed E-state index contributed by atoms with van der Waals surface area (Å²) in [7, 11) is 0. The number of aromatic nitrogens is 1. The standard InChI is InChI=1S/C15H14BrNO/c1-2-4-11-5-3-6-12(7-11)15(18)13-8-14(16)10-17-9-13/h3,5-10H,2,4H2,1H3. The van der Waals surface area contributed by atoms with E-state index in [2.05, 4.69) is 33.9 Å². The molecule has 0 aliphatic carbocycles. The van der Waals surface area contributed by atoms with Gasteiger partial charge in [-0.1, -0.05) is 31.5 Å². The summed E-state index contributed by atoms with van der Waals surface area (Å²) < 4.78 is 0.818. The molecule has 3 heteroatoms. The van der Waals surface area contributed by atoms with Gasteiger partial charge in [0.05, 0.1) is 0 Å². The molecule has 0 radical (unpaired) electrons. The normalized spacial score (nSPS) is 10.3. The Morgan fingerprint density at radius 2 is 2.06 bits per heavy atom. The van der Waals surface area contributed by atoms with Crippen LogP contribution in [0.5, 0.6) is 0 Å². The maximum absolute atomic E-state index is 12.3. The zero-order valence-electron chi connectivity index (χ0n) is 10.2. The van der Waals surface area contributed by atoms with Crippen molar-refractivity contribution >= 4 is 21.7 Å². The molecule has 0 fully saturated rings. The highest BCUT2D eigenvalue weighted by Gasteiger charge is 2.10. The highest BCUT2D eigenvalue weighted by molar-refractivity contribution is 9.10. The number of aryl methyl sites for hydroxylation is 1. The van der Waals surface area contributed by atoms with E-state index in [1.165, 1.54) is 5.56 Å². The van der Waals surface area contributed by atoms with Crippen LogP contribution < -0.4 is 0 Å². The lowest BCUT2D eigenvalue weighted by Crippen LogP contribution is -2.02. The van der Waals surface area contributed by atoms with Gasteiger partial charge in [0.2, 0.25) is 0 Å². The number of carbonyl (C=O) groups excluding carboxylic acids is 1. The molecule has 2 rings (SSSR count). The van der Waals surface area contributed by atoms with Gasteiger partial charge in [-0.3, -0.25) is 9.78 Å². The van der Waals surface area contributed by atoms with Gasteiger partial charge in [0.1, 0.15) is 0 Å². The minimum atomic E-state index is 0.0155. The Bertz CT molecular complexity index is 566. The van der Waals surface area contributed by atoms with Gasteiger partial charge in [-0.05, 0) is 40.0 Å². The predicted molar refractivity (Wildman–Crippen MR) is 75.8 cm³/mol. The molecule has 0 saturated heterocycles. The van der Waals surface area contributed by atoms with E-state index in [9.17, 15) is 4.79 Å². The van der Waals surface area contributed by atoms with Crippen LogP contribution in [0.2, 0.25) is 0 Å². The minimum Gasteiger partial charge on any atom is -0.289 e. The lowest BCUT2D eigenvalue weighted by molar-refractivity contribution is 0.103. The molecule has 1 heterocycles. The number of nitrogens with zero attached hydrogens (tertiary/aromatic N) is 1. The molecule has 1 aromatic carbocycles. The van der Waals surface area contributed by atoms with Crippen molar-refractivity contribution in [2.75, 3.05) is 0 Å². The molecule has 18 heavy (non-hydrogen) atoms. The van der Waals surface area contributed by atoms with Gasteiger partial charge in [0, 0.05) is 28.0 Å². The van der Waals surface area contributed by atoms with Crippen molar-refractivity contribution in [1.29, 1.82) is 0 Å². The molecule has 0 atom stereocenters. The first-order valence-electron chi connectivity index (χ1n) is 5.95. The number of carbonyl (C=O) groups is 1. The van der Waals surface area contributed by atoms with Gasteiger partial charge in [0.25, 0.3) is 0 Å². The van der Waals surface area contributed by atoms with E-state index in [-0.39, 0.29) is 5.78 Å². The summed E-state index contributed by atoms with van der Waals surface area (Å²) in [6.45, 7) is 2.13. The Hall–Kier alpha value is -1.48. The fourth-order valence-electron chi connectivity index (χ4n) is 1.86. The van der Waals surface area contributed by atoms with Gasteiger partial charge in [-0.25, -0.2) is 0 Å². The largest absolute Gasteiger partial charge is 0.289 e. The summed E-state index contributed by atoms with van der Waals surface area (Å²) in [6, 6.07) is 9.60. The third-order valence-electron chi connectivity index (χ3n) is 2.69. The number of benzene rings is 1. The number of ketones is 1. The quantitative estimate of drug-likeness (QED) is 0.798. The van der Waals surface area contributed by atoms with E-state index in [0.717, 1.165) is 22.9 Å². The number of hydrogen-bond acceptors (Lipinski definition) is 2. The number of hydrogen-bond donors (Lipinski definition) is 0. The van der Waals surface area contributed by atoms with Gasteiger partial charge < -0.3 is 0 Å². The van der Waals surface area contributed by atoms with Gasteiger partial charge in [-0.15, -0.1) is 0 Å². The Labute approximate surface area is 115 Å². The monoisotopic (exact) mass is 303 g/mol. The Balaban J connectivity index is 2.31. The van der Waals surface area contributed by atoms with Crippen molar-refractivity contribution in [1.82, 2.24) is 4.98 Å².